The maximum Gasteiger partial charge on any atom is 0.0720 e. The van der Waals surface area contributed by atoms with Crippen molar-refractivity contribution >= 4 is 0 Å². The number of hydrogen-bond acceptors (Lipinski definition) is 1. The van der Waals surface area contributed by atoms with Gasteiger partial charge in [0.2, 0.25) is 0 Å². The Hall–Kier alpha value is -0.300. The number of hydrogen-bond donors (Lipinski definition) is 0. The van der Waals surface area contributed by atoms with Gasteiger partial charge in [-0.1, -0.05) is 32.9 Å². The van der Waals surface area contributed by atoms with E-state index in [1.165, 1.54) is 25.7 Å². The summed E-state index contributed by atoms with van der Waals surface area (Å²) in [6.45, 7) is 7.93. The van der Waals surface area contributed by atoms with Crippen molar-refractivity contribution in [2.24, 2.45) is 11.3 Å². The van der Waals surface area contributed by atoms with Gasteiger partial charge in [-0.15, -0.1) is 0 Å². The van der Waals surface area contributed by atoms with Gasteiger partial charge in [0.15, 0.2) is 0 Å². The van der Waals surface area contributed by atoms with E-state index in [4.69, 9.17) is 4.74 Å². The lowest BCUT2D eigenvalue weighted by Crippen LogP contribution is -2.35. The monoisotopic (exact) mass is 194 g/mol. The van der Waals surface area contributed by atoms with Crippen molar-refractivity contribution in [2.45, 2.75) is 52.1 Å². The first-order chi connectivity index (χ1) is 6.54. The molecule has 1 heteroatoms. The Labute approximate surface area is 87.5 Å². The summed E-state index contributed by atoms with van der Waals surface area (Å²) in [6, 6.07) is 0. The van der Waals surface area contributed by atoms with E-state index >= 15 is 0 Å². The highest BCUT2D eigenvalue weighted by Gasteiger charge is 2.48. The molecule has 0 aromatic rings. The average molecular weight is 194 g/mol. The molecular formula is C13H22O. The molecule has 0 radical (unpaired) electrons. The molecule has 2 atom stereocenters. The van der Waals surface area contributed by atoms with Crippen LogP contribution in [0.1, 0.15) is 46.5 Å². The SMILES string of the molecule is C[C@@H]1CC(C)(C)C[C@]12CCC=CCO2. The second-order valence-corrected chi connectivity index (χ2v) is 5.83. The normalized spacial score (nSPS) is 41.5. The third-order valence-electron chi connectivity index (χ3n) is 3.90. The van der Waals surface area contributed by atoms with Crippen molar-refractivity contribution in [1.82, 2.24) is 0 Å². The molecule has 0 bridgehead atoms. The molecule has 0 amide bonds. The van der Waals surface area contributed by atoms with Crippen LogP contribution >= 0.6 is 0 Å². The van der Waals surface area contributed by atoms with Crippen LogP contribution in [0.15, 0.2) is 12.2 Å². The zero-order valence-corrected chi connectivity index (χ0v) is 9.68. The van der Waals surface area contributed by atoms with Crippen molar-refractivity contribution in [3.63, 3.8) is 0 Å². The average Bonchev–Trinajstić information content (AvgIpc) is 2.24. The second-order valence-electron chi connectivity index (χ2n) is 5.83. The van der Waals surface area contributed by atoms with E-state index in [1.54, 1.807) is 0 Å². The van der Waals surface area contributed by atoms with E-state index in [0.29, 0.717) is 5.41 Å². The molecule has 2 aliphatic rings. The zero-order chi connectivity index (χ0) is 10.2. The van der Waals surface area contributed by atoms with Gasteiger partial charge in [0.05, 0.1) is 12.2 Å². The Kier molecular flexibility index (Phi) is 2.46. The van der Waals surface area contributed by atoms with Crippen LogP contribution in [0.4, 0.5) is 0 Å². The van der Waals surface area contributed by atoms with Crippen molar-refractivity contribution in [2.75, 3.05) is 6.61 Å². The molecule has 0 aromatic heterocycles. The molecule has 0 N–H and O–H groups in total. The summed E-state index contributed by atoms with van der Waals surface area (Å²) >= 11 is 0. The molecule has 80 valence electrons. The maximum absolute atomic E-state index is 6.11. The molecule has 1 nitrogen and oxygen atoms in total. The smallest absolute Gasteiger partial charge is 0.0720 e. The molecule has 1 spiro atoms. The van der Waals surface area contributed by atoms with Crippen LogP contribution in [-0.2, 0) is 4.74 Å². The third-order valence-corrected chi connectivity index (χ3v) is 3.90. The number of rotatable bonds is 0. The molecule has 14 heavy (non-hydrogen) atoms. The van der Waals surface area contributed by atoms with E-state index in [-0.39, 0.29) is 5.60 Å². The summed E-state index contributed by atoms with van der Waals surface area (Å²) < 4.78 is 6.11. The lowest BCUT2D eigenvalue weighted by atomic mass is 9.86. The minimum Gasteiger partial charge on any atom is -0.371 e. The predicted molar refractivity (Wildman–Crippen MR) is 59.2 cm³/mol. The van der Waals surface area contributed by atoms with Crippen molar-refractivity contribution in [1.29, 1.82) is 0 Å². The van der Waals surface area contributed by atoms with Gasteiger partial charge in [-0.2, -0.15) is 0 Å². The zero-order valence-electron chi connectivity index (χ0n) is 9.68. The Morgan fingerprint density at radius 1 is 1.29 bits per heavy atom. The Balaban J connectivity index is 2.15. The highest BCUT2D eigenvalue weighted by molar-refractivity contribution is 5.03. The minimum atomic E-state index is 0.188. The molecule has 0 aromatic carbocycles. The third kappa shape index (κ3) is 1.75. The van der Waals surface area contributed by atoms with Crippen molar-refractivity contribution in [3.05, 3.63) is 12.2 Å². The standard InChI is InChI=1S/C13H22O/c1-11-9-12(2,3)10-13(11)7-5-4-6-8-14-13/h4,6,11H,5,7-10H2,1-3H3/t11-,13-/m1/s1. The maximum atomic E-state index is 6.11. The molecule has 0 unspecified atom stereocenters. The number of ether oxygens (including phenoxy) is 1. The second kappa shape index (κ2) is 3.37. The van der Waals surface area contributed by atoms with Crippen molar-refractivity contribution in [3.8, 4) is 0 Å². The van der Waals surface area contributed by atoms with Gasteiger partial charge in [0.1, 0.15) is 0 Å². The van der Waals surface area contributed by atoms with Gasteiger partial charge in [0.25, 0.3) is 0 Å². The Morgan fingerprint density at radius 3 is 2.71 bits per heavy atom. The molecule has 1 aliphatic carbocycles. The first kappa shape index (κ1) is 10.2. The minimum absolute atomic E-state index is 0.188. The van der Waals surface area contributed by atoms with Crippen LogP contribution < -0.4 is 0 Å². The molecule has 2 rings (SSSR count). The Morgan fingerprint density at radius 2 is 2.07 bits per heavy atom. The van der Waals surface area contributed by atoms with E-state index < -0.39 is 0 Å². The van der Waals surface area contributed by atoms with Crippen molar-refractivity contribution < 1.29 is 4.74 Å². The predicted octanol–water partition coefficient (Wildman–Crippen LogP) is 3.55. The fourth-order valence-electron chi connectivity index (χ4n) is 3.40. The first-order valence-corrected chi connectivity index (χ1v) is 5.83. The quantitative estimate of drug-likeness (QED) is 0.536. The summed E-state index contributed by atoms with van der Waals surface area (Å²) in [5.74, 6) is 0.720. The van der Waals surface area contributed by atoms with Crippen LogP contribution in [0.25, 0.3) is 0 Å². The molecule has 1 heterocycles. The highest BCUT2D eigenvalue weighted by atomic mass is 16.5. The number of allylic oxidation sites excluding steroid dienone is 1. The first-order valence-electron chi connectivity index (χ1n) is 5.83. The van der Waals surface area contributed by atoms with E-state index in [9.17, 15) is 0 Å². The lowest BCUT2D eigenvalue weighted by Gasteiger charge is -2.33. The van der Waals surface area contributed by atoms with Crippen LogP contribution in [0.2, 0.25) is 0 Å². The summed E-state index contributed by atoms with van der Waals surface area (Å²) in [6.07, 6.45) is 9.41. The van der Waals surface area contributed by atoms with Gasteiger partial charge in [-0.05, 0) is 37.0 Å². The summed E-state index contributed by atoms with van der Waals surface area (Å²) in [4.78, 5) is 0. The summed E-state index contributed by atoms with van der Waals surface area (Å²) in [5, 5.41) is 0. The van der Waals surface area contributed by atoms with Gasteiger partial charge < -0.3 is 4.74 Å². The van der Waals surface area contributed by atoms with Crippen LogP contribution in [-0.4, -0.2) is 12.2 Å². The van der Waals surface area contributed by atoms with E-state index in [1.807, 2.05) is 0 Å². The summed E-state index contributed by atoms with van der Waals surface area (Å²) in [5.41, 5.74) is 0.663. The highest BCUT2D eigenvalue weighted by Crippen LogP contribution is 2.51. The van der Waals surface area contributed by atoms with Crippen LogP contribution in [0.3, 0.4) is 0 Å². The molecule has 1 aliphatic heterocycles. The Bertz CT molecular complexity index is 230. The topological polar surface area (TPSA) is 9.23 Å². The molecule has 1 saturated carbocycles. The van der Waals surface area contributed by atoms with Crippen LogP contribution in [0, 0.1) is 11.3 Å². The largest absolute Gasteiger partial charge is 0.371 e. The van der Waals surface area contributed by atoms with Crippen LogP contribution in [0.5, 0.6) is 0 Å². The van der Waals surface area contributed by atoms with E-state index in [0.717, 1.165) is 12.5 Å². The van der Waals surface area contributed by atoms with Gasteiger partial charge in [-0.3, -0.25) is 0 Å². The lowest BCUT2D eigenvalue weighted by molar-refractivity contribution is -0.0612. The summed E-state index contributed by atoms with van der Waals surface area (Å²) in [7, 11) is 0. The van der Waals surface area contributed by atoms with Gasteiger partial charge in [-0.25, -0.2) is 0 Å². The van der Waals surface area contributed by atoms with Gasteiger partial charge >= 0.3 is 0 Å². The van der Waals surface area contributed by atoms with E-state index in [2.05, 4.69) is 32.9 Å². The molecule has 1 fully saturated rings. The molecule has 0 saturated heterocycles. The fraction of sp³-hybridized carbons (Fsp3) is 0.846. The fourth-order valence-corrected chi connectivity index (χ4v) is 3.40. The molecular weight excluding hydrogens is 172 g/mol. The van der Waals surface area contributed by atoms with Gasteiger partial charge in [0, 0.05) is 0 Å².